The third-order valence-corrected chi connectivity index (χ3v) is 3.90. The molecule has 0 bridgehead atoms. The number of rotatable bonds is 7. The fourth-order valence-corrected chi connectivity index (χ4v) is 2.65. The molecule has 1 aromatic carbocycles. The van der Waals surface area contributed by atoms with Crippen LogP contribution in [0.1, 0.15) is 31.7 Å². The Bertz CT molecular complexity index is 603. The molecule has 1 aliphatic rings. The summed E-state index contributed by atoms with van der Waals surface area (Å²) in [5, 5.41) is 13.6. The lowest BCUT2D eigenvalue weighted by Gasteiger charge is -2.19. The molecule has 1 aromatic rings. The van der Waals surface area contributed by atoms with Gasteiger partial charge in [-0.15, -0.1) is 0 Å². The minimum atomic E-state index is -0.475. The number of nitrogens with zero attached hydrogens (tertiary/aromatic N) is 2. The highest BCUT2D eigenvalue weighted by Crippen LogP contribution is 2.14. The van der Waals surface area contributed by atoms with Crippen LogP contribution in [0.2, 0.25) is 0 Å². The summed E-state index contributed by atoms with van der Waals surface area (Å²) in [6, 6.07) is 6.03. The molecule has 1 heterocycles. The maximum absolute atomic E-state index is 12.0. The van der Waals surface area contributed by atoms with Gasteiger partial charge in [-0.05, 0) is 25.3 Å². The van der Waals surface area contributed by atoms with Gasteiger partial charge in [-0.3, -0.25) is 19.7 Å². The predicted octanol–water partition coefficient (Wildman–Crippen LogP) is 1.65. The van der Waals surface area contributed by atoms with Gasteiger partial charge in [0.15, 0.2) is 0 Å². The zero-order valence-corrected chi connectivity index (χ0v) is 13.2. The predicted molar refractivity (Wildman–Crippen MR) is 84.8 cm³/mol. The number of hydrogen-bond donors (Lipinski definition) is 1. The van der Waals surface area contributed by atoms with Gasteiger partial charge < -0.3 is 10.2 Å². The SMILES string of the molecule is C[C@H](CCN1CCCC1=O)NC(=O)Cc1cccc([N+](=O)[O-])c1. The quantitative estimate of drug-likeness (QED) is 0.611. The van der Waals surface area contributed by atoms with E-state index in [1.165, 1.54) is 12.1 Å². The average molecular weight is 319 g/mol. The van der Waals surface area contributed by atoms with E-state index in [1.54, 1.807) is 12.1 Å². The van der Waals surface area contributed by atoms with Crippen LogP contribution < -0.4 is 5.32 Å². The van der Waals surface area contributed by atoms with Crippen LogP contribution in [-0.2, 0) is 16.0 Å². The first-order valence-electron chi connectivity index (χ1n) is 7.76. The first-order valence-corrected chi connectivity index (χ1v) is 7.76. The van der Waals surface area contributed by atoms with Crippen molar-refractivity contribution in [1.29, 1.82) is 0 Å². The number of carbonyl (C=O) groups excluding carboxylic acids is 2. The molecule has 0 aliphatic carbocycles. The summed E-state index contributed by atoms with van der Waals surface area (Å²) >= 11 is 0. The molecule has 7 heteroatoms. The van der Waals surface area contributed by atoms with E-state index in [0.717, 1.165) is 13.0 Å². The van der Waals surface area contributed by atoms with Crippen molar-refractivity contribution in [3.05, 3.63) is 39.9 Å². The summed E-state index contributed by atoms with van der Waals surface area (Å²) in [5.41, 5.74) is 0.592. The second-order valence-corrected chi connectivity index (χ2v) is 5.85. The Kier molecular flexibility index (Phi) is 5.67. The van der Waals surface area contributed by atoms with Crippen LogP contribution >= 0.6 is 0 Å². The van der Waals surface area contributed by atoms with Gasteiger partial charge in [0.2, 0.25) is 11.8 Å². The lowest BCUT2D eigenvalue weighted by atomic mass is 10.1. The smallest absolute Gasteiger partial charge is 0.269 e. The summed E-state index contributed by atoms with van der Waals surface area (Å²) in [6.45, 7) is 3.34. The molecule has 0 spiro atoms. The molecule has 0 unspecified atom stereocenters. The lowest BCUT2D eigenvalue weighted by molar-refractivity contribution is -0.384. The number of nitrogens with one attached hydrogen (secondary N) is 1. The molecule has 1 saturated heterocycles. The van der Waals surface area contributed by atoms with Crippen LogP contribution in [0.15, 0.2) is 24.3 Å². The van der Waals surface area contributed by atoms with E-state index < -0.39 is 4.92 Å². The molecule has 1 N–H and O–H groups in total. The van der Waals surface area contributed by atoms with Crippen molar-refractivity contribution in [1.82, 2.24) is 10.2 Å². The van der Waals surface area contributed by atoms with Crippen molar-refractivity contribution >= 4 is 17.5 Å². The largest absolute Gasteiger partial charge is 0.353 e. The lowest BCUT2D eigenvalue weighted by Crippen LogP contribution is -2.37. The summed E-state index contributed by atoms with van der Waals surface area (Å²) in [7, 11) is 0. The van der Waals surface area contributed by atoms with Crippen molar-refractivity contribution in [2.24, 2.45) is 0 Å². The molecule has 1 aliphatic heterocycles. The van der Waals surface area contributed by atoms with E-state index in [0.29, 0.717) is 24.9 Å². The Morgan fingerprint density at radius 3 is 2.91 bits per heavy atom. The number of amides is 2. The molecule has 0 aromatic heterocycles. The third kappa shape index (κ3) is 5.05. The highest BCUT2D eigenvalue weighted by molar-refractivity contribution is 5.79. The van der Waals surface area contributed by atoms with Crippen molar-refractivity contribution in [3.63, 3.8) is 0 Å². The summed E-state index contributed by atoms with van der Waals surface area (Å²) < 4.78 is 0. The van der Waals surface area contributed by atoms with Crippen molar-refractivity contribution in [2.45, 2.75) is 38.6 Å². The fourth-order valence-electron chi connectivity index (χ4n) is 2.65. The second kappa shape index (κ2) is 7.71. The fraction of sp³-hybridized carbons (Fsp3) is 0.500. The van der Waals surface area contributed by atoms with Gasteiger partial charge in [0.25, 0.3) is 5.69 Å². The number of hydrogen-bond acceptors (Lipinski definition) is 4. The minimum Gasteiger partial charge on any atom is -0.353 e. The van der Waals surface area contributed by atoms with Gasteiger partial charge in [0.05, 0.1) is 11.3 Å². The highest BCUT2D eigenvalue weighted by Gasteiger charge is 2.20. The Balaban J connectivity index is 1.78. The molecule has 7 nitrogen and oxygen atoms in total. The van der Waals surface area contributed by atoms with Crippen LogP contribution in [0.25, 0.3) is 0 Å². The second-order valence-electron chi connectivity index (χ2n) is 5.85. The number of carbonyl (C=O) groups is 2. The highest BCUT2D eigenvalue weighted by atomic mass is 16.6. The van der Waals surface area contributed by atoms with Crippen LogP contribution in [0.3, 0.4) is 0 Å². The van der Waals surface area contributed by atoms with E-state index >= 15 is 0 Å². The Morgan fingerprint density at radius 1 is 1.48 bits per heavy atom. The van der Waals surface area contributed by atoms with Crippen LogP contribution in [-0.4, -0.2) is 40.8 Å². The summed E-state index contributed by atoms with van der Waals surface area (Å²) in [4.78, 5) is 35.6. The molecule has 1 fully saturated rings. The molecule has 2 rings (SSSR count). The normalized spacial score (nSPS) is 15.5. The van der Waals surface area contributed by atoms with Gasteiger partial charge in [-0.1, -0.05) is 12.1 Å². The van der Waals surface area contributed by atoms with E-state index in [-0.39, 0.29) is 30.0 Å². The third-order valence-electron chi connectivity index (χ3n) is 3.90. The first kappa shape index (κ1) is 16.9. The molecule has 0 radical (unpaired) electrons. The molecular formula is C16H21N3O4. The van der Waals surface area contributed by atoms with E-state index in [4.69, 9.17) is 0 Å². The standard InChI is InChI=1S/C16H21N3O4/c1-12(7-9-18-8-3-6-16(18)21)17-15(20)11-13-4-2-5-14(10-13)19(22)23/h2,4-5,10,12H,3,6-9,11H2,1H3,(H,17,20)/t12-/m1/s1. The maximum atomic E-state index is 12.0. The summed E-state index contributed by atoms with van der Waals surface area (Å²) in [6.07, 6.45) is 2.33. The van der Waals surface area contributed by atoms with E-state index in [1.807, 2.05) is 11.8 Å². The number of nitro benzene ring substituents is 1. The molecule has 0 saturated carbocycles. The van der Waals surface area contributed by atoms with Crippen molar-refractivity contribution in [3.8, 4) is 0 Å². The van der Waals surface area contributed by atoms with Gasteiger partial charge in [0.1, 0.15) is 0 Å². The van der Waals surface area contributed by atoms with Crippen LogP contribution in [0, 0.1) is 10.1 Å². The Hall–Kier alpha value is -2.44. The number of likely N-dealkylation sites (tertiary alicyclic amines) is 1. The topological polar surface area (TPSA) is 92.6 Å². The molecule has 124 valence electrons. The van der Waals surface area contributed by atoms with Crippen molar-refractivity contribution < 1.29 is 14.5 Å². The zero-order chi connectivity index (χ0) is 16.8. The minimum absolute atomic E-state index is 0.0177. The van der Waals surface area contributed by atoms with E-state index in [2.05, 4.69) is 5.32 Å². The Morgan fingerprint density at radius 2 is 2.26 bits per heavy atom. The van der Waals surface area contributed by atoms with Crippen molar-refractivity contribution in [2.75, 3.05) is 13.1 Å². The number of non-ortho nitro benzene ring substituents is 1. The monoisotopic (exact) mass is 319 g/mol. The first-order chi connectivity index (χ1) is 11.0. The van der Waals surface area contributed by atoms with E-state index in [9.17, 15) is 19.7 Å². The van der Waals surface area contributed by atoms with Gasteiger partial charge in [-0.2, -0.15) is 0 Å². The summed E-state index contributed by atoms with van der Waals surface area (Å²) in [5.74, 6) is 0.00543. The average Bonchev–Trinajstić information content (AvgIpc) is 2.90. The number of nitro groups is 1. The van der Waals surface area contributed by atoms with Gasteiger partial charge in [0, 0.05) is 37.7 Å². The van der Waals surface area contributed by atoms with Crippen LogP contribution in [0.4, 0.5) is 5.69 Å². The zero-order valence-electron chi connectivity index (χ0n) is 13.2. The number of benzene rings is 1. The maximum Gasteiger partial charge on any atom is 0.269 e. The molecule has 23 heavy (non-hydrogen) atoms. The molecule has 2 amide bonds. The van der Waals surface area contributed by atoms with Gasteiger partial charge in [-0.25, -0.2) is 0 Å². The Labute approximate surface area is 134 Å². The molecule has 1 atom stereocenters. The van der Waals surface area contributed by atoms with Crippen LogP contribution in [0.5, 0.6) is 0 Å². The van der Waals surface area contributed by atoms with Gasteiger partial charge >= 0.3 is 0 Å². The molecular weight excluding hydrogens is 298 g/mol.